The normalized spacial score (nSPS) is 31.1. The Morgan fingerprint density at radius 3 is 2.59 bits per heavy atom. The van der Waals surface area contributed by atoms with Crippen molar-refractivity contribution in [3.05, 3.63) is 35.6 Å². The molecule has 4 atom stereocenters. The molecule has 3 fully saturated rings. The topological polar surface area (TPSA) is 120 Å². The molecule has 3 aliphatic rings. The highest BCUT2D eigenvalue weighted by molar-refractivity contribution is 6.07. The average molecular weight is 448 g/mol. The van der Waals surface area contributed by atoms with Gasteiger partial charge >= 0.3 is 6.03 Å². The molecule has 174 valence electrons. The number of amides is 4. The van der Waals surface area contributed by atoms with Crippen LogP contribution in [0.2, 0.25) is 0 Å². The lowest BCUT2D eigenvalue weighted by atomic mass is 9.84. The number of carbonyl (C=O) groups is 3. The van der Waals surface area contributed by atoms with Crippen molar-refractivity contribution in [3.8, 4) is 0 Å². The Morgan fingerprint density at radius 2 is 1.94 bits per heavy atom. The molecule has 2 aliphatic heterocycles. The Hall–Kier alpha value is -2.56. The zero-order valence-corrected chi connectivity index (χ0v) is 17.8. The van der Waals surface area contributed by atoms with Gasteiger partial charge in [0.2, 0.25) is 5.91 Å². The van der Waals surface area contributed by atoms with Gasteiger partial charge in [-0.3, -0.25) is 19.8 Å². The number of benzene rings is 1. The number of halogens is 1. The largest absolute Gasteiger partial charge is 0.389 e. The summed E-state index contributed by atoms with van der Waals surface area (Å²) in [5.74, 6) is -1.36. The Kier molecular flexibility index (Phi) is 6.73. The fraction of sp³-hybridized carbons (Fsp3) is 0.591. The first-order valence-corrected chi connectivity index (χ1v) is 11.1. The summed E-state index contributed by atoms with van der Waals surface area (Å²) in [6.07, 6.45) is 1.71. The number of hydrogen-bond acceptors (Lipinski definition) is 6. The van der Waals surface area contributed by atoms with Crippen LogP contribution in [0.5, 0.6) is 0 Å². The summed E-state index contributed by atoms with van der Waals surface area (Å²) in [6.45, 7) is 2.80. The van der Waals surface area contributed by atoms with Gasteiger partial charge in [0.15, 0.2) is 0 Å². The van der Waals surface area contributed by atoms with Gasteiger partial charge in [-0.1, -0.05) is 12.1 Å². The summed E-state index contributed by atoms with van der Waals surface area (Å²) < 4.78 is 18.8. The first-order valence-electron chi connectivity index (χ1n) is 11.1. The molecule has 4 rings (SSSR count). The van der Waals surface area contributed by atoms with Crippen molar-refractivity contribution in [2.75, 3.05) is 26.3 Å². The number of rotatable bonds is 6. The number of ether oxygens (including phenoxy) is 1. The summed E-state index contributed by atoms with van der Waals surface area (Å²) in [5.41, 5.74) is -1.04. The molecule has 9 nitrogen and oxygen atoms in total. The summed E-state index contributed by atoms with van der Waals surface area (Å²) >= 11 is 0. The van der Waals surface area contributed by atoms with Crippen LogP contribution >= 0.6 is 0 Å². The lowest BCUT2D eigenvalue weighted by molar-refractivity contribution is -0.126. The van der Waals surface area contributed by atoms with Crippen molar-refractivity contribution in [2.45, 2.75) is 55.8 Å². The second-order valence-corrected chi connectivity index (χ2v) is 8.63. The van der Waals surface area contributed by atoms with E-state index in [4.69, 9.17) is 4.74 Å². The fourth-order valence-electron chi connectivity index (χ4n) is 4.95. The first-order chi connectivity index (χ1) is 15.4. The van der Waals surface area contributed by atoms with E-state index >= 15 is 0 Å². The van der Waals surface area contributed by atoms with Crippen LogP contribution in [0.1, 0.15) is 37.7 Å². The molecule has 10 heteroatoms. The van der Waals surface area contributed by atoms with E-state index in [0.717, 1.165) is 25.9 Å². The van der Waals surface area contributed by atoms with Crippen LogP contribution in [-0.4, -0.2) is 72.3 Å². The lowest BCUT2D eigenvalue weighted by Gasteiger charge is -2.43. The predicted octanol–water partition coefficient (Wildman–Crippen LogP) is 0.371. The molecule has 2 saturated heterocycles. The van der Waals surface area contributed by atoms with Crippen molar-refractivity contribution in [1.29, 1.82) is 0 Å². The molecule has 0 bridgehead atoms. The predicted molar refractivity (Wildman–Crippen MR) is 112 cm³/mol. The molecule has 1 saturated carbocycles. The van der Waals surface area contributed by atoms with E-state index < -0.39 is 29.4 Å². The zero-order chi connectivity index (χ0) is 22.7. The second-order valence-electron chi connectivity index (χ2n) is 8.63. The summed E-state index contributed by atoms with van der Waals surface area (Å²) in [6, 6.07) is 4.21. The first kappa shape index (κ1) is 22.6. The van der Waals surface area contributed by atoms with Crippen molar-refractivity contribution in [1.82, 2.24) is 20.9 Å². The van der Waals surface area contributed by atoms with Gasteiger partial charge in [0.1, 0.15) is 11.4 Å². The van der Waals surface area contributed by atoms with Gasteiger partial charge in [-0.15, -0.1) is 0 Å². The third-order valence-electron chi connectivity index (χ3n) is 6.69. The molecular weight excluding hydrogens is 419 g/mol. The molecule has 4 N–H and O–H groups in total. The minimum Gasteiger partial charge on any atom is -0.389 e. The van der Waals surface area contributed by atoms with E-state index in [0.29, 0.717) is 25.2 Å². The Labute approximate surface area is 185 Å². The minimum absolute atomic E-state index is 0.0117. The summed E-state index contributed by atoms with van der Waals surface area (Å²) in [7, 11) is 0. The van der Waals surface area contributed by atoms with Gasteiger partial charge in [-0.25, -0.2) is 9.18 Å². The Balaban J connectivity index is 1.40. The van der Waals surface area contributed by atoms with Gasteiger partial charge in [-0.2, -0.15) is 0 Å². The van der Waals surface area contributed by atoms with E-state index in [1.807, 2.05) is 0 Å². The number of hydrogen-bond donors (Lipinski definition) is 4. The highest BCUT2D eigenvalue weighted by Crippen LogP contribution is 2.31. The maximum Gasteiger partial charge on any atom is 0.322 e. The van der Waals surface area contributed by atoms with Crippen molar-refractivity contribution >= 4 is 17.8 Å². The smallest absolute Gasteiger partial charge is 0.322 e. The van der Waals surface area contributed by atoms with Crippen molar-refractivity contribution in [2.24, 2.45) is 0 Å². The number of morpholine rings is 1. The molecule has 1 aromatic carbocycles. The fourth-order valence-corrected chi connectivity index (χ4v) is 4.95. The van der Waals surface area contributed by atoms with Crippen molar-refractivity contribution < 1.29 is 28.6 Å². The maximum atomic E-state index is 13.4. The number of aliphatic hydroxyl groups excluding tert-OH is 1. The lowest BCUT2D eigenvalue weighted by Crippen LogP contribution is -2.58. The van der Waals surface area contributed by atoms with Crippen LogP contribution in [0.3, 0.4) is 0 Å². The number of nitrogens with one attached hydrogen (secondary N) is 3. The molecule has 2 heterocycles. The molecule has 0 spiro atoms. The standard InChI is InChI=1S/C22H29FN4O5/c23-15-6-4-14(5-7-15)22(20(30)25-21(31)26-22)9-8-18(28)24-16-2-1-3-17(19(16)29)27-10-12-32-13-11-27/h4-7,16-17,19,29H,1-3,8-13H2,(H,24,28)(H2,25,26,30,31)/t16-,17-,19-,22+/m1/s1. The molecule has 0 unspecified atom stereocenters. The van der Waals surface area contributed by atoms with Crippen molar-refractivity contribution in [3.63, 3.8) is 0 Å². The second kappa shape index (κ2) is 9.51. The molecule has 1 aliphatic carbocycles. The van der Waals surface area contributed by atoms with E-state index in [2.05, 4.69) is 20.9 Å². The summed E-state index contributed by atoms with van der Waals surface area (Å²) in [5, 5.41) is 18.6. The van der Waals surface area contributed by atoms with Gasteiger partial charge in [-0.05, 0) is 43.4 Å². The van der Waals surface area contributed by atoms with E-state index in [-0.39, 0.29) is 30.8 Å². The SMILES string of the molecule is O=C(CC[C@@]1(c2ccc(F)cc2)NC(=O)NC1=O)N[C@@H]1CCC[C@@H](N2CCOCC2)[C@@H]1O. The number of carbonyl (C=O) groups excluding carboxylic acids is 3. The monoisotopic (exact) mass is 448 g/mol. The van der Waals surface area contributed by atoms with Gasteiger partial charge in [0.05, 0.1) is 25.4 Å². The zero-order valence-electron chi connectivity index (χ0n) is 17.8. The van der Waals surface area contributed by atoms with Crippen LogP contribution in [0.15, 0.2) is 24.3 Å². The minimum atomic E-state index is -1.44. The van der Waals surface area contributed by atoms with Crippen LogP contribution in [0.4, 0.5) is 9.18 Å². The Bertz CT molecular complexity index is 860. The average Bonchev–Trinajstić information content (AvgIpc) is 3.08. The third-order valence-corrected chi connectivity index (χ3v) is 6.69. The van der Waals surface area contributed by atoms with Crippen LogP contribution < -0.4 is 16.0 Å². The molecule has 1 aromatic rings. The molecule has 0 radical (unpaired) electrons. The highest BCUT2D eigenvalue weighted by atomic mass is 19.1. The van der Waals surface area contributed by atoms with Gasteiger partial charge in [0.25, 0.3) is 5.91 Å². The number of aliphatic hydroxyl groups is 1. The maximum absolute atomic E-state index is 13.4. The molecular formula is C22H29FN4O5. The van der Waals surface area contributed by atoms with Crippen LogP contribution in [-0.2, 0) is 19.9 Å². The summed E-state index contributed by atoms with van der Waals surface area (Å²) in [4.78, 5) is 39.4. The van der Waals surface area contributed by atoms with Gasteiger partial charge < -0.3 is 20.5 Å². The molecule has 0 aromatic heterocycles. The quantitative estimate of drug-likeness (QED) is 0.467. The molecule has 32 heavy (non-hydrogen) atoms. The van der Waals surface area contributed by atoms with Crippen LogP contribution in [0.25, 0.3) is 0 Å². The Morgan fingerprint density at radius 1 is 1.22 bits per heavy atom. The van der Waals surface area contributed by atoms with Crippen LogP contribution in [0, 0.1) is 5.82 Å². The van der Waals surface area contributed by atoms with E-state index in [1.165, 1.54) is 24.3 Å². The number of nitrogens with zero attached hydrogens (tertiary/aromatic N) is 1. The van der Waals surface area contributed by atoms with E-state index in [9.17, 15) is 23.9 Å². The third kappa shape index (κ3) is 4.62. The van der Waals surface area contributed by atoms with Gasteiger partial charge in [0, 0.05) is 25.6 Å². The number of urea groups is 1. The van der Waals surface area contributed by atoms with E-state index in [1.54, 1.807) is 0 Å². The number of imide groups is 1. The molecule has 4 amide bonds. The highest BCUT2D eigenvalue weighted by Gasteiger charge is 2.47.